The van der Waals surface area contributed by atoms with E-state index in [-0.39, 0.29) is 25.2 Å². The average molecular weight is 889 g/mol. The number of carbonyl (C=O) groups is 2. The molecular weight excluding hydrogens is 789 g/mol. The van der Waals surface area contributed by atoms with Gasteiger partial charge in [-0.15, -0.1) is 0 Å². The molecule has 0 aromatic carbocycles. The standard InChI is InChI=1S/C59H100O5/c1-4-7-10-13-16-19-22-25-27-29-31-33-36-39-42-45-48-51-54-62-55-57(64-59(61)53-50-47-44-41-38-34-24-21-18-15-12-9-6-3)56-63-58(60)52-49-46-43-40-37-35-32-30-28-26-23-20-17-14-11-8-5-2/h7-8,10-11,16-17,19-20,25-28,31,33,39,42,57H,4-6,9,12-15,18,21-24,29-30,32,34-38,40-41,43-56H2,1-3H3/b10-7-,11-8-,19-16-,20-17-,27-25-,28-26-,33-31-,42-39-. The molecule has 0 radical (unpaired) electrons. The number of hydrogen-bond donors (Lipinski definition) is 0. The molecule has 64 heavy (non-hydrogen) atoms. The Labute approximate surface area is 396 Å². The van der Waals surface area contributed by atoms with Crippen molar-refractivity contribution in [2.75, 3.05) is 19.8 Å². The summed E-state index contributed by atoms with van der Waals surface area (Å²) in [4.78, 5) is 25.4. The second kappa shape index (κ2) is 54.2. The molecule has 0 aliphatic rings. The molecule has 0 saturated carbocycles. The molecule has 1 atom stereocenters. The third-order valence-electron chi connectivity index (χ3n) is 11.1. The minimum atomic E-state index is -0.566. The van der Waals surface area contributed by atoms with Gasteiger partial charge in [-0.2, -0.15) is 0 Å². The molecule has 0 N–H and O–H groups in total. The Kier molecular flexibility index (Phi) is 51.5. The maximum Gasteiger partial charge on any atom is 0.306 e. The highest BCUT2D eigenvalue weighted by Crippen LogP contribution is 2.15. The predicted octanol–water partition coefficient (Wildman–Crippen LogP) is 18.2. The summed E-state index contributed by atoms with van der Waals surface area (Å²) in [6, 6.07) is 0. The number of ether oxygens (including phenoxy) is 3. The number of allylic oxidation sites excluding steroid dienone is 16. The maximum absolute atomic E-state index is 12.8. The fourth-order valence-electron chi connectivity index (χ4n) is 7.20. The largest absolute Gasteiger partial charge is 0.462 e. The van der Waals surface area contributed by atoms with Crippen molar-refractivity contribution >= 4 is 11.9 Å². The third-order valence-corrected chi connectivity index (χ3v) is 11.1. The lowest BCUT2D eigenvalue weighted by Crippen LogP contribution is -2.30. The molecule has 0 rings (SSSR count). The van der Waals surface area contributed by atoms with Crippen LogP contribution in [0.3, 0.4) is 0 Å². The summed E-state index contributed by atoms with van der Waals surface area (Å²) >= 11 is 0. The van der Waals surface area contributed by atoms with Gasteiger partial charge in [-0.1, -0.05) is 227 Å². The third kappa shape index (κ3) is 51.5. The molecule has 1 unspecified atom stereocenters. The summed E-state index contributed by atoms with van der Waals surface area (Å²) in [6.45, 7) is 7.50. The zero-order valence-electron chi connectivity index (χ0n) is 42.0. The van der Waals surface area contributed by atoms with E-state index in [0.29, 0.717) is 19.4 Å². The molecule has 0 heterocycles. The van der Waals surface area contributed by atoms with Gasteiger partial charge >= 0.3 is 11.9 Å². The summed E-state index contributed by atoms with van der Waals surface area (Å²) in [6.07, 6.45) is 72.8. The van der Waals surface area contributed by atoms with Gasteiger partial charge in [0.2, 0.25) is 0 Å². The van der Waals surface area contributed by atoms with Gasteiger partial charge in [0.25, 0.3) is 0 Å². The van der Waals surface area contributed by atoms with Crippen LogP contribution in [0.15, 0.2) is 97.2 Å². The van der Waals surface area contributed by atoms with Crippen LogP contribution in [-0.4, -0.2) is 37.9 Å². The first-order valence-electron chi connectivity index (χ1n) is 26.8. The van der Waals surface area contributed by atoms with Gasteiger partial charge in [-0.3, -0.25) is 9.59 Å². The Morgan fingerprint density at radius 2 is 0.703 bits per heavy atom. The fourth-order valence-corrected chi connectivity index (χ4v) is 7.20. The average Bonchev–Trinajstić information content (AvgIpc) is 3.30. The lowest BCUT2D eigenvalue weighted by atomic mass is 10.0. The van der Waals surface area contributed by atoms with Crippen molar-refractivity contribution in [2.45, 2.75) is 245 Å². The summed E-state index contributed by atoms with van der Waals surface area (Å²) in [5.41, 5.74) is 0. The highest BCUT2D eigenvalue weighted by molar-refractivity contribution is 5.70. The zero-order valence-corrected chi connectivity index (χ0v) is 42.0. The normalized spacial score (nSPS) is 13.0. The molecule has 0 fully saturated rings. The molecule has 366 valence electrons. The topological polar surface area (TPSA) is 61.8 Å². The van der Waals surface area contributed by atoms with Gasteiger partial charge in [0, 0.05) is 19.4 Å². The van der Waals surface area contributed by atoms with Crippen LogP contribution in [0.25, 0.3) is 0 Å². The molecule has 0 aliphatic carbocycles. The Morgan fingerprint density at radius 1 is 0.359 bits per heavy atom. The van der Waals surface area contributed by atoms with E-state index in [2.05, 4.69) is 118 Å². The minimum Gasteiger partial charge on any atom is -0.462 e. The minimum absolute atomic E-state index is 0.0598. The second-order valence-electron chi connectivity index (χ2n) is 17.4. The van der Waals surface area contributed by atoms with E-state index in [1.807, 2.05) is 0 Å². The van der Waals surface area contributed by atoms with E-state index in [9.17, 15) is 9.59 Å². The first-order chi connectivity index (χ1) is 31.6. The Balaban J connectivity index is 4.36. The van der Waals surface area contributed by atoms with Crippen molar-refractivity contribution < 1.29 is 23.8 Å². The molecule has 0 spiro atoms. The second-order valence-corrected chi connectivity index (χ2v) is 17.4. The smallest absolute Gasteiger partial charge is 0.306 e. The van der Waals surface area contributed by atoms with Crippen molar-refractivity contribution in [1.82, 2.24) is 0 Å². The van der Waals surface area contributed by atoms with Crippen molar-refractivity contribution in [3.8, 4) is 0 Å². The molecule has 5 nitrogen and oxygen atoms in total. The molecule has 0 saturated heterocycles. The van der Waals surface area contributed by atoms with Crippen LogP contribution in [0.2, 0.25) is 0 Å². The molecule has 5 heteroatoms. The van der Waals surface area contributed by atoms with Crippen LogP contribution in [0.4, 0.5) is 0 Å². The van der Waals surface area contributed by atoms with Crippen LogP contribution >= 0.6 is 0 Å². The van der Waals surface area contributed by atoms with E-state index < -0.39 is 6.10 Å². The van der Waals surface area contributed by atoms with E-state index in [1.165, 1.54) is 96.3 Å². The van der Waals surface area contributed by atoms with Crippen LogP contribution < -0.4 is 0 Å². The molecule has 0 bridgehead atoms. The van der Waals surface area contributed by atoms with Crippen LogP contribution in [0.1, 0.15) is 239 Å². The number of hydrogen-bond acceptors (Lipinski definition) is 5. The first kappa shape index (κ1) is 60.8. The highest BCUT2D eigenvalue weighted by Gasteiger charge is 2.17. The molecule has 0 aliphatic heterocycles. The number of carbonyl (C=O) groups excluding carboxylic acids is 2. The monoisotopic (exact) mass is 889 g/mol. The van der Waals surface area contributed by atoms with Crippen LogP contribution in [-0.2, 0) is 23.8 Å². The van der Waals surface area contributed by atoms with Gasteiger partial charge in [0.15, 0.2) is 6.10 Å². The van der Waals surface area contributed by atoms with E-state index in [0.717, 1.165) is 109 Å². The Bertz CT molecular complexity index is 1230. The molecule has 0 amide bonds. The van der Waals surface area contributed by atoms with E-state index in [1.54, 1.807) is 0 Å². The van der Waals surface area contributed by atoms with Crippen LogP contribution in [0, 0.1) is 0 Å². The van der Waals surface area contributed by atoms with Gasteiger partial charge < -0.3 is 14.2 Å². The lowest BCUT2D eigenvalue weighted by Gasteiger charge is -2.18. The summed E-state index contributed by atoms with van der Waals surface area (Å²) in [5.74, 6) is -0.431. The van der Waals surface area contributed by atoms with Crippen molar-refractivity contribution in [3.63, 3.8) is 0 Å². The van der Waals surface area contributed by atoms with Crippen molar-refractivity contribution in [1.29, 1.82) is 0 Å². The number of esters is 2. The van der Waals surface area contributed by atoms with Crippen molar-refractivity contribution in [2.24, 2.45) is 0 Å². The Morgan fingerprint density at radius 3 is 1.12 bits per heavy atom. The highest BCUT2D eigenvalue weighted by atomic mass is 16.6. The maximum atomic E-state index is 12.8. The molecular formula is C59H100O5. The summed E-state index contributed by atoms with van der Waals surface area (Å²) in [7, 11) is 0. The Hall–Kier alpha value is -3.18. The van der Waals surface area contributed by atoms with E-state index >= 15 is 0 Å². The van der Waals surface area contributed by atoms with E-state index in [4.69, 9.17) is 14.2 Å². The predicted molar refractivity (Wildman–Crippen MR) is 279 cm³/mol. The summed E-state index contributed by atoms with van der Waals surface area (Å²) in [5, 5.41) is 0. The zero-order chi connectivity index (χ0) is 46.3. The van der Waals surface area contributed by atoms with Crippen molar-refractivity contribution in [3.05, 3.63) is 97.2 Å². The van der Waals surface area contributed by atoms with Gasteiger partial charge in [-0.05, 0) is 96.3 Å². The lowest BCUT2D eigenvalue weighted by molar-refractivity contribution is -0.163. The summed E-state index contributed by atoms with van der Waals surface area (Å²) < 4.78 is 17.4. The van der Waals surface area contributed by atoms with Gasteiger partial charge in [-0.25, -0.2) is 0 Å². The SMILES string of the molecule is CC/C=C\C/C=C\C/C=C\C/C=C\C/C=C\CCCCOCC(COC(=O)CCCCCCCCC/C=C\C/C=C\C/C=C\CC)OC(=O)CCCCCCCCCCCCCCC. The van der Waals surface area contributed by atoms with Gasteiger partial charge in [0.05, 0.1) is 6.61 Å². The fraction of sp³-hybridized carbons (Fsp3) is 0.695. The van der Waals surface area contributed by atoms with Gasteiger partial charge in [0.1, 0.15) is 6.61 Å². The quantitative estimate of drug-likeness (QED) is 0.0346. The number of rotatable bonds is 48. The molecule has 0 aromatic heterocycles. The van der Waals surface area contributed by atoms with Crippen LogP contribution in [0.5, 0.6) is 0 Å². The first-order valence-corrected chi connectivity index (χ1v) is 26.8. The molecule has 0 aromatic rings. The number of unbranched alkanes of at least 4 members (excludes halogenated alkanes) is 21.